The topological polar surface area (TPSA) is 289 Å². The molecule has 3 atom stereocenters. The normalized spacial score (nSPS) is 13.6. The highest BCUT2D eigenvalue weighted by Gasteiger charge is 2.32. The number of fused-ring (bicyclic) bond motifs is 6. The third-order valence-electron chi connectivity index (χ3n) is 23.7. The van der Waals surface area contributed by atoms with Crippen LogP contribution in [0, 0.1) is 62.3 Å². The molecule has 3 aliphatic rings. The van der Waals surface area contributed by atoms with Crippen molar-refractivity contribution in [3.63, 3.8) is 0 Å². The molecule has 3 aromatic heterocycles. The maximum absolute atomic E-state index is 13.4. The number of aliphatic hydroxyl groups excluding tert-OH is 1. The molecule has 9 aromatic carbocycles. The summed E-state index contributed by atoms with van der Waals surface area (Å²) in [6.45, 7) is 32.0. The van der Waals surface area contributed by atoms with Gasteiger partial charge >= 0.3 is 11.9 Å². The molecule has 0 unspecified atom stereocenters. The van der Waals surface area contributed by atoms with E-state index in [-0.39, 0.29) is 80.6 Å². The van der Waals surface area contributed by atoms with Crippen LogP contribution in [0.4, 0.5) is 0 Å². The summed E-state index contributed by atoms with van der Waals surface area (Å²) in [4.78, 5) is 88.2. The van der Waals surface area contributed by atoms with E-state index in [4.69, 9.17) is 9.94 Å². The second-order valence-corrected chi connectivity index (χ2v) is 31.1. The van der Waals surface area contributed by atoms with Gasteiger partial charge in [0, 0.05) is 120 Å². The van der Waals surface area contributed by atoms with Gasteiger partial charge in [0.1, 0.15) is 16.6 Å². The second-order valence-electron chi connectivity index (χ2n) is 31.1. The molecule has 6 heterocycles. The van der Waals surface area contributed by atoms with Gasteiger partial charge in [0.15, 0.2) is 0 Å². The molecule has 119 heavy (non-hydrogen) atoms. The van der Waals surface area contributed by atoms with Crippen molar-refractivity contribution in [3.8, 4) is 0 Å². The summed E-state index contributed by atoms with van der Waals surface area (Å²) in [5.41, 5.74) is 32.5. The van der Waals surface area contributed by atoms with Crippen LogP contribution >= 0.6 is 0 Å². The number of hydrogen-bond donors (Lipinski definition) is 4. The lowest BCUT2D eigenvalue weighted by molar-refractivity contribution is -0.159. The second kappa shape index (κ2) is 38.5. The van der Waals surface area contributed by atoms with Crippen LogP contribution in [-0.4, -0.2) is 156 Å². The van der Waals surface area contributed by atoms with Gasteiger partial charge in [-0.1, -0.05) is 114 Å². The number of carboxylic acids is 1. The fraction of sp³-hybridized carbons (Fsp3) is 0.368. The third kappa shape index (κ3) is 19.2. The van der Waals surface area contributed by atoms with Gasteiger partial charge in [-0.2, -0.15) is 5.48 Å². The maximum Gasteiger partial charge on any atom is 0.325 e. The Morgan fingerprint density at radius 1 is 0.429 bits per heavy atom. The summed E-state index contributed by atoms with van der Waals surface area (Å²) in [7, 11) is 2.93. The van der Waals surface area contributed by atoms with Crippen molar-refractivity contribution in [2.45, 2.75) is 193 Å². The van der Waals surface area contributed by atoms with Gasteiger partial charge in [0.2, 0.25) is 5.91 Å². The molecule has 0 saturated carbocycles. The summed E-state index contributed by atoms with van der Waals surface area (Å²) in [6.07, 6.45) is 2.59. The third-order valence-corrected chi connectivity index (χ3v) is 23.7. The molecule has 24 nitrogen and oxygen atoms in total. The fourth-order valence-electron chi connectivity index (χ4n) is 16.5. The first-order valence-corrected chi connectivity index (χ1v) is 40.7. The number of aliphatic carboxylic acids is 1. The smallest absolute Gasteiger partial charge is 0.325 e. The molecule has 622 valence electrons. The van der Waals surface area contributed by atoms with Crippen LogP contribution in [-0.2, 0) is 77.8 Å². The lowest BCUT2D eigenvalue weighted by atomic mass is 9.83. The van der Waals surface area contributed by atoms with Crippen molar-refractivity contribution >= 4 is 68.7 Å². The zero-order valence-electron chi connectivity index (χ0n) is 70.4. The number of nitrogens with one attached hydrogen (secondary N) is 1. The van der Waals surface area contributed by atoms with Crippen molar-refractivity contribution in [3.05, 3.63) is 279 Å². The number of carbonyl (C=O) groups is 6. The Kier molecular flexibility index (Phi) is 28.4. The summed E-state index contributed by atoms with van der Waals surface area (Å²) in [6, 6.07) is 48.7. The molecule has 3 aliphatic heterocycles. The highest BCUT2D eigenvalue weighted by molar-refractivity contribution is 5.96. The number of carbonyl (C=O) groups excluding carboxylic acids is 5. The molecule has 0 fully saturated rings. The monoisotopic (exact) mass is 1610 g/mol. The summed E-state index contributed by atoms with van der Waals surface area (Å²) in [5, 5.41) is 53.9. The van der Waals surface area contributed by atoms with Gasteiger partial charge in [0.25, 0.3) is 17.7 Å². The predicted molar refractivity (Wildman–Crippen MR) is 462 cm³/mol. The van der Waals surface area contributed by atoms with E-state index in [1.807, 2.05) is 196 Å². The van der Waals surface area contributed by atoms with Crippen molar-refractivity contribution in [1.29, 1.82) is 0 Å². The number of rotatable bonds is 19. The predicted octanol–water partition coefficient (Wildman–Crippen LogP) is 15.5. The Balaban J connectivity index is 0.000000171. The Morgan fingerprint density at radius 3 is 1.03 bits per heavy atom. The van der Waals surface area contributed by atoms with Crippen molar-refractivity contribution in [1.82, 2.24) is 70.2 Å². The van der Waals surface area contributed by atoms with Crippen LogP contribution in [0.15, 0.2) is 146 Å². The molecule has 4 N–H and O–H groups in total. The van der Waals surface area contributed by atoms with Crippen molar-refractivity contribution in [2.24, 2.45) is 0 Å². The fourth-order valence-corrected chi connectivity index (χ4v) is 16.5. The van der Waals surface area contributed by atoms with Gasteiger partial charge in [-0.3, -0.25) is 34.0 Å². The lowest BCUT2D eigenvalue weighted by Crippen LogP contribution is -2.36. The Bertz CT molecular complexity index is 5780. The van der Waals surface area contributed by atoms with Crippen LogP contribution in [0.5, 0.6) is 0 Å². The number of aliphatic hydroxyl groups is 1. The molecule has 0 saturated heterocycles. The minimum absolute atomic E-state index is 0. The molecule has 4 amide bonds. The van der Waals surface area contributed by atoms with Gasteiger partial charge in [-0.05, 0) is 281 Å². The van der Waals surface area contributed by atoms with Crippen LogP contribution in [0.2, 0.25) is 0 Å². The number of benzene rings is 9. The number of aryl methyl sites for hydroxylation is 12. The molecule has 0 spiro atoms. The lowest BCUT2D eigenvalue weighted by Gasteiger charge is -2.30. The highest BCUT2D eigenvalue weighted by atomic mass is 16.7. The highest BCUT2D eigenvalue weighted by Crippen LogP contribution is 2.40. The van der Waals surface area contributed by atoms with Crippen LogP contribution in [0.1, 0.15) is 220 Å². The van der Waals surface area contributed by atoms with Crippen LogP contribution in [0.25, 0.3) is 33.1 Å². The van der Waals surface area contributed by atoms with E-state index in [1.54, 1.807) is 14.0 Å². The van der Waals surface area contributed by atoms with Gasteiger partial charge in [-0.15, -0.1) is 15.3 Å². The average molecular weight is 1610 g/mol. The van der Waals surface area contributed by atoms with E-state index in [2.05, 4.69) is 97.9 Å². The maximum atomic E-state index is 13.4. The zero-order chi connectivity index (χ0) is 84.5. The van der Waals surface area contributed by atoms with Crippen LogP contribution in [0.3, 0.4) is 0 Å². The van der Waals surface area contributed by atoms with Crippen molar-refractivity contribution < 1.29 is 49.0 Å². The number of aromatic nitrogens is 9. The standard InChI is InChI=1S/2C31H35N5O3.C30H32N4O3.C2H6O.CH4/c1-6-36-28-12-11-26(21(4)30(28)32-33-36)27(17-29(37)34(5)39)23-10-9-22-13-14-35(18-25(22)16-23)31(38)24-8-7-19(2)20(3)15-24;1-6-36-28-12-11-26(21(4)30(28)33-34-36)27(17-29(37)39-32-5)23-10-9-22-13-14-35(18-25(22)16-23)31(38)24-8-7-19(2)20(3)15-24;1-5-34-27-11-10-25(20(4)29(27)31-32-34)26(16-28(35)36)22-9-8-21-12-13-33(17-24(21)15-22)30(37)23-7-6-18(2)19(3)14-23;1-2-3;/h7-12,15-16,27,39H,6,13-14,17-18H2,1-5H3;7-12,15-16,27,32H,6,13-14,17-18H2,1-5H3;6-11,14-15,26H,5,12-13,16-17H2,1-4H3,(H,35,36);3H,2H2,1H3;1H4/t2*27-;26-;;/m000../s1. The Hall–Kier alpha value is -12.1. The first-order chi connectivity index (χ1) is 56.6. The average Bonchev–Trinajstić information content (AvgIpc) is 1.76. The molecular formula is C95H112N14O10. The van der Waals surface area contributed by atoms with E-state index in [9.17, 15) is 39.1 Å². The number of hydrogen-bond acceptors (Lipinski definition) is 16. The van der Waals surface area contributed by atoms with Crippen LogP contribution < -0.4 is 5.48 Å². The first kappa shape index (κ1) is 87.7. The van der Waals surface area contributed by atoms with E-state index in [0.29, 0.717) is 62.0 Å². The first-order valence-electron chi connectivity index (χ1n) is 40.7. The largest absolute Gasteiger partial charge is 0.481 e. The number of carboxylic acid groups (broad SMARTS) is 1. The molecule has 0 aliphatic carbocycles. The van der Waals surface area contributed by atoms with Gasteiger partial charge in [0.05, 0.1) is 29.4 Å². The van der Waals surface area contributed by atoms with Gasteiger partial charge in [-0.25, -0.2) is 19.1 Å². The van der Waals surface area contributed by atoms with Gasteiger partial charge < -0.3 is 29.8 Å². The Morgan fingerprint density at radius 2 is 0.739 bits per heavy atom. The molecule has 0 radical (unpaired) electrons. The Labute approximate surface area is 696 Å². The summed E-state index contributed by atoms with van der Waals surface area (Å²) >= 11 is 0. The van der Waals surface area contributed by atoms with E-state index in [1.165, 1.54) is 40.4 Å². The molecular weight excluding hydrogens is 1500 g/mol. The summed E-state index contributed by atoms with van der Waals surface area (Å²) in [5.74, 6) is -2.33. The molecule has 0 bridgehead atoms. The minimum atomic E-state index is -0.856. The number of hydroxylamine groups is 3. The molecule has 12 aromatic rings. The minimum Gasteiger partial charge on any atom is -0.481 e. The molecule has 15 rings (SSSR count). The number of amides is 4. The van der Waals surface area contributed by atoms with E-state index >= 15 is 0 Å². The number of nitrogens with zero attached hydrogens (tertiary/aromatic N) is 13. The quantitative estimate of drug-likeness (QED) is 0.0432. The zero-order valence-corrected chi connectivity index (χ0v) is 70.4. The van der Waals surface area contributed by atoms with E-state index in [0.717, 1.165) is 154 Å². The van der Waals surface area contributed by atoms with Crippen molar-refractivity contribution in [2.75, 3.05) is 40.3 Å². The SMILES string of the molecule is C.CCO.CCn1nnc2c(C)c([C@@H](CC(=O)N(C)O)c3ccc4c(c3)CN(C(=O)c3ccc(C)c(C)c3)CC4)ccc21.CCn1nnc2c(C)c([C@@H](CC(=O)O)c3ccc4c(c3)CN(C(=O)c3ccc(C)c(C)c3)CC4)ccc21.CCn1nnc2c(C)c([C@@H](CC(=O)ONC)c3ccc4c(c3)CN(C(=O)c3ccc(C)c(C)c3)CC4)ccc21. The molecule has 24 heteroatoms. The summed E-state index contributed by atoms with van der Waals surface area (Å²) < 4.78 is 5.57. The van der Waals surface area contributed by atoms with E-state index < -0.39 is 5.97 Å².